The van der Waals surface area contributed by atoms with Crippen molar-refractivity contribution in [1.29, 1.82) is 0 Å². The second-order valence-electron chi connectivity index (χ2n) is 6.50. The Morgan fingerprint density at radius 2 is 1.90 bits per heavy atom. The van der Waals surface area contributed by atoms with E-state index < -0.39 is 0 Å². The quantitative estimate of drug-likeness (QED) is 0.883. The number of ether oxygens (including phenoxy) is 2. The molecule has 3 heteroatoms. The van der Waals surface area contributed by atoms with E-state index in [9.17, 15) is 0 Å². The molecule has 0 spiro atoms. The summed E-state index contributed by atoms with van der Waals surface area (Å²) in [6.07, 6.45) is 3.95. The summed E-state index contributed by atoms with van der Waals surface area (Å²) >= 11 is 0. The van der Waals surface area contributed by atoms with E-state index in [0.717, 1.165) is 23.3 Å². The summed E-state index contributed by atoms with van der Waals surface area (Å²) < 4.78 is 10.8. The van der Waals surface area contributed by atoms with Gasteiger partial charge in [-0.2, -0.15) is 0 Å². The molecule has 0 aliphatic heterocycles. The molecule has 1 aromatic rings. The normalized spacial score (nSPS) is 27.2. The van der Waals surface area contributed by atoms with Gasteiger partial charge in [-0.3, -0.25) is 0 Å². The van der Waals surface area contributed by atoms with Gasteiger partial charge in [-0.15, -0.1) is 0 Å². The van der Waals surface area contributed by atoms with Crippen LogP contribution in [-0.2, 0) is 0 Å². The van der Waals surface area contributed by atoms with E-state index in [4.69, 9.17) is 9.47 Å². The zero-order valence-electron chi connectivity index (χ0n) is 14.0. The molecule has 1 N–H and O–H groups in total. The second-order valence-corrected chi connectivity index (χ2v) is 6.50. The third-order valence-corrected chi connectivity index (χ3v) is 4.83. The summed E-state index contributed by atoms with van der Waals surface area (Å²) in [5, 5.41) is 3.81. The molecule has 1 aromatic carbocycles. The molecule has 0 radical (unpaired) electrons. The van der Waals surface area contributed by atoms with Crippen LogP contribution in [0.4, 0.5) is 0 Å². The van der Waals surface area contributed by atoms with Crippen molar-refractivity contribution in [1.82, 2.24) is 5.32 Å². The molecule has 0 amide bonds. The Kier molecular flexibility index (Phi) is 5.51. The van der Waals surface area contributed by atoms with E-state index in [2.05, 4.69) is 32.2 Å². The van der Waals surface area contributed by atoms with Gasteiger partial charge in [0.15, 0.2) is 0 Å². The molecule has 21 heavy (non-hydrogen) atoms. The van der Waals surface area contributed by atoms with Crippen molar-refractivity contribution >= 4 is 0 Å². The molecule has 0 heterocycles. The lowest BCUT2D eigenvalue weighted by Gasteiger charge is -2.35. The predicted octanol–water partition coefficient (Wildman–Crippen LogP) is 4.18. The van der Waals surface area contributed by atoms with Crippen LogP contribution in [0.2, 0.25) is 0 Å². The summed E-state index contributed by atoms with van der Waals surface area (Å²) in [6, 6.07) is 6.94. The van der Waals surface area contributed by atoms with Crippen molar-refractivity contribution in [3.8, 4) is 11.5 Å². The Labute approximate surface area is 129 Å². The Bertz CT molecular complexity index is 461. The predicted molar refractivity (Wildman–Crippen MR) is 87.1 cm³/mol. The highest BCUT2D eigenvalue weighted by Crippen LogP contribution is 2.33. The first-order valence-electron chi connectivity index (χ1n) is 8.03. The lowest BCUT2D eigenvalue weighted by molar-refractivity contribution is 0.215. The van der Waals surface area contributed by atoms with Gasteiger partial charge in [-0.25, -0.2) is 0 Å². The van der Waals surface area contributed by atoms with Gasteiger partial charge in [-0.05, 0) is 37.7 Å². The van der Waals surface area contributed by atoms with Crippen LogP contribution >= 0.6 is 0 Å². The van der Waals surface area contributed by atoms with Crippen molar-refractivity contribution in [2.24, 2.45) is 11.8 Å². The first kappa shape index (κ1) is 16.2. The highest BCUT2D eigenvalue weighted by Gasteiger charge is 2.27. The third-order valence-electron chi connectivity index (χ3n) is 4.83. The van der Waals surface area contributed by atoms with E-state index in [1.54, 1.807) is 14.2 Å². The van der Waals surface area contributed by atoms with Crippen LogP contribution in [0.3, 0.4) is 0 Å². The van der Waals surface area contributed by atoms with Crippen LogP contribution in [0.5, 0.6) is 11.5 Å². The smallest absolute Gasteiger partial charge is 0.127 e. The van der Waals surface area contributed by atoms with Crippen LogP contribution in [0, 0.1) is 11.8 Å². The minimum absolute atomic E-state index is 0.281. The number of nitrogens with one attached hydrogen (secondary N) is 1. The lowest BCUT2D eigenvalue weighted by atomic mass is 9.79. The van der Waals surface area contributed by atoms with Gasteiger partial charge in [0.1, 0.15) is 11.5 Å². The molecule has 1 aliphatic rings. The largest absolute Gasteiger partial charge is 0.497 e. The third kappa shape index (κ3) is 3.91. The van der Waals surface area contributed by atoms with Gasteiger partial charge >= 0.3 is 0 Å². The Morgan fingerprint density at radius 3 is 2.57 bits per heavy atom. The van der Waals surface area contributed by atoms with E-state index in [0.29, 0.717) is 6.04 Å². The van der Waals surface area contributed by atoms with Crippen LogP contribution in [0.1, 0.15) is 51.6 Å². The lowest BCUT2D eigenvalue weighted by Crippen LogP contribution is -2.40. The van der Waals surface area contributed by atoms with Crippen molar-refractivity contribution < 1.29 is 9.47 Å². The van der Waals surface area contributed by atoms with Crippen LogP contribution in [-0.4, -0.2) is 20.3 Å². The molecule has 0 bridgehead atoms. The molecule has 4 unspecified atom stereocenters. The summed E-state index contributed by atoms with van der Waals surface area (Å²) in [5.74, 6) is 3.30. The maximum atomic E-state index is 5.53. The zero-order chi connectivity index (χ0) is 15.4. The van der Waals surface area contributed by atoms with Crippen LogP contribution in [0.25, 0.3) is 0 Å². The van der Waals surface area contributed by atoms with Gasteiger partial charge in [0.05, 0.1) is 14.2 Å². The SMILES string of the molecule is COc1ccc(C(C)NC2CC(C)CCC2C)c(OC)c1. The van der Waals surface area contributed by atoms with Crippen molar-refractivity contribution in [2.75, 3.05) is 14.2 Å². The van der Waals surface area contributed by atoms with Crippen molar-refractivity contribution in [3.63, 3.8) is 0 Å². The Hall–Kier alpha value is -1.22. The van der Waals surface area contributed by atoms with Gasteiger partial charge in [0, 0.05) is 23.7 Å². The maximum Gasteiger partial charge on any atom is 0.127 e. The topological polar surface area (TPSA) is 30.5 Å². The molecule has 0 aromatic heterocycles. The van der Waals surface area contributed by atoms with Crippen molar-refractivity contribution in [2.45, 2.75) is 52.1 Å². The Morgan fingerprint density at radius 1 is 1.14 bits per heavy atom. The van der Waals surface area contributed by atoms with Crippen LogP contribution < -0.4 is 14.8 Å². The molecular weight excluding hydrogens is 262 g/mol. The summed E-state index contributed by atoms with van der Waals surface area (Å²) in [5.41, 5.74) is 1.20. The van der Waals surface area contributed by atoms with Gasteiger partial charge in [-0.1, -0.05) is 26.3 Å². The molecule has 2 rings (SSSR count). The monoisotopic (exact) mass is 291 g/mol. The fraction of sp³-hybridized carbons (Fsp3) is 0.667. The standard InChI is InChI=1S/C18H29NO2/c1-12-6-7-13(2)17(10-12)19-14(3)16-9-8-15(20-4)11-18(16)21-5/h8-9,11-14,17,19H,6-7,10H2,1-5H3. The first-order chi connectivity index (χ1) is 10.0. The van der Waals surface area contributed by atoms with E-state index in [1.807, 2.05) is 12.1 Å². The minimum Gasteiger partial charge on any atom is -0.497 e. The average Bonchev–Trinajstić information content (AvgIpc) is 2.50. The molecule has 1 saturated carbocycles. The van der Waals surface area contributed by atoms with Crippen LogP contribution in [0.15, 0.2) is 18.2 Å². The molecule has 4 atom stereocenters. The zero-order valence-corrected chi connectivity index (χ0v) is 14.0. The number of hydrogen-bond acceptors (Lipinski definition) is 3. The van der Waals surface area contributed by atoms with E-state index in [1.165, 1.54) is 24.8 Å². The first-order valence-corrected chi connectivity index (χ1v) is 8.03. The molecule has 118 valence electrons. The molecule has 0 saturated heterocycles. The molecular formula is C18H29NO2. The molecule has 1 fully saturated rings. The average molecular weight is 291 g/mol. The van der Waals surface area contributed by atoms with E-state index >= 15 is 0 Å². The number of rotatable bonds is 5. The highest BCUT2D eigenvalue weighted by atomic mass is 16.5. The maximum absolute atomic E-state index is 5.53. The fourth-order valence-electron chi connectivity index (χ4n) is 3.35. The van der Waals surface area contributed by atoms with Crippen molar-refractivity contribution in [3.05, 3.63) is 23.8 Å². The molecule has 1 aliphatic carbocycles. The fourth-order valence-corrected chi connectivity index (χ4v) is 3.35. The number of methoxy groups -OCH3 is 2. The number of benzene rings is 1. The van der Waals surface area contributed by atoms with Gasteiger partial charge in [0.25, 0.3) is 0 Å². The number of hydrogen-bond donors (Lipinski definition) is 1. The molecule has 3 nitrogen and oxygen atoms in total. The van der Waals surface area contributed by atoms with Gasteiger partial charge < -0.3 is 14.8 Å². The van der Waals surface area contributed by atoms with E-state index in [-0.39, 0.29) is 6.04 Å². The summed E-state index contributed by atoms with van der Waals surface area (Å²) in [7, 11) is 3.40. The second kappa shape index (κ2) is 7.17. The minimum atomic E-state index is 0.281. The summed E-state index contributed by atoms with van der Waals surface area (Å²) in [4.78, 5) is 0. The Balaban J connectivity index is 2.10. The highest BCUT2D eigenvalue weighted by molar-refractivity contribution is 5.42. The summed E-state index contributed by atoms with van der Waals surface area (Å²) in [6.45, 7) is 6.94. The van der Waals surface area contributed by atoms with Gasteiger partial charge in [0.2, 0.25) is 0 Å².